The maximum absolute atomic E-state index is 13.3. The maximum atomic E-state index is 13.3. The third kappa shape index (κ3) is 4.01. The van der Waals surface area contributed by atoms with Crippen LogP contribution in [0.5, 0.6) is 0 Å². The molecule has 1 aliphatic heterocycles. The van der Waals surface area contributed by atoms with E-state index >= 15 is 0 Å². The summed E-state index contributed by atoms with van der Waals surface area (Å²) in [6.07, 6.45) is -6.61. The van der Waals surface area contributed by atoms with Gasteiger partial charge in [-0.1, -0.05) is 48.5 Å². The largest absolute Gasteiger partial charge is 0.481 e. The molecule has 0 saturated carbocycles. The van der Waals surface area contributed by atoms with Gasteiger partial charge in [0, 0.05) is 19.0 Å². The molecule has 2 N–H and O–H groups in total. The van der Waals surface area contributed by atoms with E-state index in [1.54, 1.807) is 0 Å². The number of amides is 2. The van der Waals surface area contributed by atoms with Gasteiger partial charge in [0.2, 0.25) is 5.91 Å². The van der Waals surface area contributed by atoms with Gasteiger partial charge in [-0.2, -0.15) is 13.2 Å². The first kappa shape index (κ1) is 22.6. The van der Waals surface area contributed by atoms with Gasteiger partial charge in [-0.15, -0.1) is 0 Å². The molecule has 10 heteroatoms. The number of halogens is 3. The third-order valence-electron chi connectivity index (χ3n) is 6.30. The fraction of sp³-hybridized carbons (Fsp3) is 0.348. The van der Waals surface area contributed by atoms with Crippen LogP contribution in [0.4, 0.5) is 18.0 Å². The summed E-state index contributed by atoms with van der Waals surface area (Å²) in [6.45, 7) is -1.92. The molecular formula is C23H21F3N2O5. The minimum Gasteiger partial charge on any atom is -0.481 e. The van der Waals surface area contributed by atoms with Crippen LogP contribution in [0, 0.1) is 5.41 Å². The smallest absolute Gasteiger partial charge is 0.407 e. The molecule has 174 valence electrons. The number of carbonyl (C=O) groups excluding carboxylic acids is 2. The highest BCUT2D eigenvalue weighted by Crippen LogP contribution is 2.46. The second kappa shape index (κ2) is 8.42. The average molecular weight is 462 g/mol. The number of nitrogens with one attached hydrogen (secondary N) is 1. The molecule has 2 aliphatic rings. The van der Waals surface area contributed by atoms with Crippen molar-refractivity contribution in [2.24, 2.45) is 5.41 Å². The molecule has 0 radical (unpaired) electrons. The third-order valence-corrected chi connectivity index (χ3v) is 6.30. The summed E-state index contributed by atoms with van der Waals surface area (Å²) in [6, 6.07) is 15.5. The van der Waals surface area contributed by atoms with Crippen molar-refractivity contribution in [3.63, 3.8) is 0 Å². The highest BCUT2D eigenvalue weighted by atomic mass is 19.4. The number of aliphatic carboxylic acids is 1. The van der Waals surface area contributed by atoms with E-state index in [0.717, 1.165) is 27.2 Å². The Morgan fingerprint density at radius 1 is 1.06 bits per heavy atom. The van der Waals surface area contributed by atoms with Crippen molar-refractivity contribution >= 4 is 18.0 Å². The van der Waals surface area contributed by atoms with Crippen LogP contribution in [-0.4, -0.2) is 60.4 Å². The standard InChI is InChI=1S/C23H21F3N2O5/c24-23(25,26)22(20(30)31)9-10-28(13-22)19(29)11-27-21(32)33-12-18-16-7-3-1-5-14(16)15-6-2-4-8-17(15)18/h1-8,18H,9-13H2,(H,27,32)(H,30,31). The van der Waals surface area contributed by atoms with Gasteiger partial charge < -0.3 is 20.1 Å². The zero-order valence-corrected chi connectivity index (χ0v) is 17.4. The number of carboxylic acid groups (broad SMARTS) is 1. The summed E-state index contributed by atoms with van der Waals surface area (Å²) < 4.78 is 45.1. The topological polar surface area (TPSA) is 95.9 Å². The van der Waals surface area contributed by atoms with Crippen LogP contribution >= 0.6 is 0 Å². The number of nitrogens with zero attached hydrogens (tertiary/aromatic N) is 1. The summed E-state index contributed by atoms with van der Waals surface area (Å²) in [4.78, 5) is 36.5. The molecule has 0 spiro atoms. The van der Waals surface area contributed by atoms with Gasteiger partial charge in [-0.3, -0.25) is 9.59 Å². The quantitative estimate of drug-likeness (QED) is 0.710. The number of ether oxygens (including phenoxy) is 1. The Hall–Kier alpha value is -3.56. The van der Waals surface area contributed by atoms with Crippen LogP contribution in [0.15, 0.2) is 48.5 Å². The Bertz CT molecular complexity index is 1060. The Morgan fingerprint density at radius 2 is 1.64 bits per heavy atom. The molecule has 0 aromatic heterocycles. The van der Waals surface area contributed by atoms with E-state index in [1.807, 2.05) is 48.5 Å². The van der Waals surface area contributed by atoms with Gasteiger partial charge in [0.25, 0.3) is 0 Å². The van der Waals surface area contributed by atoms with Gasteiger partial charge >= 0.3 is 18.2 Å². The van der Waals surface area contributed by atoms with Crippen LogP contribution in [-0.2, 0) is 14.3 Å². The molecule has 2 amide bonds. The highest BCUT2D eigenvalue weighted by molar-refractivity contribution is 5.85. The van der Waals surface area contributed by atoms with E-state index < -0.39 is 49.1 Å². The number of alkyl carbamates (subject to hydrolysis) is 1. The van der Waals surface area contributed by atoms with E-state index in [1.165, 1.54) is 0 Å². The van der Waals surface area contributed by atoms with E-state index in [0.29, 0.717) is 0 Å². The van der Waals surface area contributed by atoms with Crippen LogP contribution < -0.4 is 5.32 Å². The predicted molar refractivity (Wildman–Crippen MR) is 110 cm³/mol. The molecule has 1 aliphatic carbocycles. The highest BCUT2D eigenvalue weighted by Gasteiger charge is 2.64. The van der Waals surface area contributed by atoms with Crippen molar-refractivity contribution in [2.45, 2.75) is 18.5 Å². The van der Waals surface area contributed by atoms with Crippen LogP contribution in [0.2, 0.25) is 0 Å². The van der Waals surface area contributed by atoms with E-state index in [-0.39, 0.29) is 19.1 Å². The molecule has 4 rings (SSSR count). The molecular weight excluding hydrogens is 441 g/mol. The summed E-state index contributed by atoms with van der Waals surface area (Å²) in [5, 5.41) is 11.3. The Kier molecular flexibility index (Phi) is 5.77. The normalized spacial score (nSPS) is 19.7. The number of carboxylic acids is 1. The van der Waals surface area contributed by atoms with Gasteiger partial charge in [0.05, 0.1) is 0 Å². The minimum atomic E-state index is -4.99. The van der Waals surface area contributed by atoms with Gasteiger partial charge in [-0.05, 0) is 28.7 Å². The molecule has 1 saturated heterocycles. The molecule has 1 fully saturated rings. The average Bonchev–Trinajstić information content (AvgIpc) is 3.37. The first-order chi connectivity index (χ1) is 15.6. The van der Waals surface area contributed by atoms with Crippen molar-refractivity contribution in [1.82, 2.24) is 10.2 Å². The van der Waals surface area contributed by atoms with E-state index in [9.17, 15) is 27.6 Å². The second-order valence-electron chi connectivity index (χ2n) is 8.13. The first-order valence-electron chi connectivity index (χ1n) is 10.3. The lowest BCUT2D eigenvalue weighted by molar-refractivity contribution is -0.227. The second-order valence-corrected chi connectivity index (χ2v) is 8.13. The fourth-order valence-electron chi connectivity index (χ4n) is 4.46. The Morgan fingerprint density at radius 3 is 2.15 bits per heavy atom. The molecule has 1 unspecified atom stereocenters. The Labute approximate surface area is 187 Å². The molecule has 1 atom stereocenters. The Balaban J connectivity index is 1.33. The van der Waals surface area contributed by atoms with Crippen molar-refractivity contribution in [3.8, 4) is 11.1 Å². The summed E-state index contributed by atoms with van der Waals surface area (Å²) in [7, 11) is 0. The van der Waals surface area contributed by atoms with Crippen molar-refractivity contribution < 1.29 is 37.4 Å². The summed E-state index contributed by atoms with van der Waals surface area (Å²) in [5.41, 5.74) is 1.14. The first-order valence-corrected chi connectivity index (χ1v) is 10.3. The zero-order valence-electron chi connectivity index (χ0n) is 17.4. The molecule has 7 nitrogen and oxygen atoms in total. The number of alkyl halides is 3. The number of carbonyl (C=O) groups is 3. The van der Waals surface area contributed by atoms with Crippen LogP contribution in [0.25, 0.3) is 11.1 Å². The summed E-state index contributed by atoms with van der Waals surface area (Å²) >= 11 is 0. The van der Waals surface area contributed by atoms with Crippen molar-refractivity contribution in [1.29, 1.82) is 0 Å². The molecule has 1 heterocycles. The van der Waals surface area contributed by atoms with Crippen LogP contribution in [0.3, 0.4) is 0 Å². The van der Waals surface area contributed by atoms with E-state index in [2.05, 4.69) is 5.32 Å². The maximum Gasteiger partial charge on any atom is 0.407 e. The number of benzene rings is 2. The number of rotatable bonds is 5. The zero-order chi connectivity index (χ0) is 23.8. The monoisotopic (exact) mass is 462 g/mol. The molecule has 2 aromatic carbocycles. The van der Waals surface area contributed by atoms with E-state index in [4.69, 9.17) is 9.84 Å². The number of hydrogen-bond acceptors (Lipinski definition) is 4. The fourth-order valence-corrected chi connectivity index (χ4v) is 4.46. The number of hydrogen-bond donors (Lipinski definition) is 2. The van der Waals surface area contributed by atoms with Crippen molar-refractivity contribution in [2.75, 3.05) is 26.2 Å². The van der Waals surface area contributed by atoms with Gasteiger partial charge in [-0.25, -0.2) is 4.79 Å². The van der Waals surface area contributed by atoms with Gasteiger partial charge in [0.15, 0.2) is 5.41 Å². The lowest BCUT2D eigenvalue weighted by Crippen LogP contribution is -2.48. The number of fused-ring (bicyclic) bond motifs is 3. The SMILES string of the molecule is O=C(NCC(=O)N1CCC(C(=O)O)(C(F)(F)F)C1)OCC1c2ccccc2-c2ccccc21. The van der Waals surface area contributed by atoms with Gasteiger partial charge in [0.1, 0.15) is 13.2 Å². The predicted octanol–water partition coefficient (Wildman–Crippen LogP) is 3.39. The summed E-state index contributed by atoms with van der Waals surface area (Å²) in [5.74, 6) is -3.01. The molecule has 33 heavy (non-hydrogen) atoms. The minimum absolute atomic E-state index is 0.0218. The number of likely N-dealkylation sites (tertiary alicyclic amines) is 1. The van der Waals surface area contributed by atoms with Crippen molar-refractivity contribution in [3.05, 3.63) is 59.7 Å². The molecule has 2 aromatic rings. The lowest BCUT2D eigenvalue weighted by Gasteiger charge is -2.27. The lowest BCUT2D eigenvalue weighted by atomic mass is 9.86. The van der Waals surface area contributed by atoms with Crippen LogP contribution in [0.1, 0.15) is 23.5 Å². The molecule has 0 bridgehead atoms.